The molecule has 0 radical (unpaired) electrons. The maximum absolute atomic E-state index is 13.0. The van der Waals surface area contributed by atoms with Crippen LogP contribution in [0.25, 0.3) is 0 Å². The minimum Gasteiger partial charge on any atom is -0.484 e. The van der Waals surface area contributed by atoms with E-state index in [9.17, 15) is 18.8 Å². The fraction of sp³-hybridized carbons (Fsp3) is 0.118. The molecule has 0 saturated carbocycles. The number of rotatable bonds is 5. The number of anilines is 1. The van der Waals surface area contributed by atoms with E-state index in [-0.39, 0.29) is 12.4 Å². The lowest BCUT2D eigenvalue weighted by Crippen LogP contribution is -2.21. The number of cyclic esters (lactones) is 1. The van der Waals surface area contributed by atoms with Gasteiger partial charge in [0.15, 0.2) is 6.61 Å². The number of ether oxygens (including phenoxy) is 2. The molecule has 128 valence electrons. The molecule has 2 aromatic carbocycles. The van der Waals surface area contributed by atoms with Gasteiger partial charge in [0.1, 0.15) is 11.6 Å². The number of amides is 3. The third-order valence-corrected chi connectivity index (χ3v) is 3.35. The summed E-state index contributed by atoms with van der Waals surface area (Å²) in [7, 11) is 0. The van der Waals surface area contributed by atoms with Crippen molar-refractivity contribution < 1.29 is 28.2 Å². The largest absolute Gasteiger partial charge is 0.484 e. The Hall–Kier alpha value is -3.42. The van der Waals surface area contributed by atoms with Gasteiger partial charge < -0.3 is 14.8 Å². The molecule has 1 atom stereocenters. The van der Waals surface area contributed by atoms with Crippen LogP contribution in [0.2, 0.25) is 0 Å². The zero-order valence-corrected chi connectivity index (χ0v) is 12.8. The fourth-order valence-electron chi connectivity index (χ4n) is 2.22. The third-order valence-electron chi connectivity index (χ3n) is 3.35. The van der Waals surface area contributed by atoms with E-state index in [0.717, 1.165) is 0 Å². The van der Waals surface area contributed by atoms with Crippen molar-refractivity contribution in [1.82, 2.24) is 5.32 Å². The Bertz CT molecular complexity index is 822. The number of benzene rings is 2. The minimum atomic E-state index is -0.992. The van der Waals surface area contributed by atoms with Crippen molar-refractivity contribution in [2.45, 2.75) is 6.10 Å². The van der Waals surface area contributed by atoms with Crippen molar-refractivity contribution in [3.05, 3.63) is 59.9 Å². The van der Waals surface area contributed by atoms with Crippen LogP contribution in [0.1, 0.15) is 11.7 Å². The molecule has 2 N–H and O–H groups in total. The first-order valence-electron chi connectivity index (χ1n) is 7.31. The molecule has 2 aromatic rings. The minimum absolute atomic E-state index is 0.250. The topological polar surface area (TPSA) is 93.7 Å². The maximum Gasteiger partial charge on any atom is 0.415 e. The van der Waals surface area contributed by atoms with Gasteiger partial charge in [0, 0.05) is 17.3 Å². The van der Waals surface area contributed by atoms with Crippen LogP contribution in [-0.4, -0.2) is 24.5 Å². The molecule has 3 amide bonds. The molecule has 0 spiro atoms. The number of imide groups is 1. The van der Waals surface area contributed by atoms with Crippen LogP contribution < -0.4 is 15.4 Å². The van der Waals surface area contributed by atoms with Gasteiger partial charge in [0.25, 0.3) is 11.8 Å². The summed E-state index contributed by atoms with van der Waals surface area (Å²) in [6.45, 7) is -0.284. The van der Waals surface area contributed by atoms with Crippen LogP contribution in [0.3, 0.4) is 0 Å². The second-order valence-electron chi connectivity index (χ2n) is 5.19. The predicted octanol–water partition coefficient (Wildman–Crippen LogP) is 2.15. The highest BCUT2D eigenvalue weighted by atomic mass is 19.1. The molecule has 0 aliphatic carbocycles. The molecular formula is C17H13FN2O5. The normalized spacial score (nSPS) is 16.1. The van der Waals surface area contributed by atoms with Gasteiger partial charge in [-0.3, -0.25) is 14.9 Å². The summed E-state index contributed by atoms with van der Waals surface area (Å²) in [6, 6.07) is 11.7. The number of hydrogen-bond acceptors (Lipinski definition) is 5. The van der Waals surface area contributed by atoms with Crippen molar-refractivity contribution in [1.29, 1.82) is 0 Å². The van der Waals surface area contributed by atoms with Gasteiger partial charge >= 0.3 is 6.09 Å². The van der Waals surface area contributed by atoms with Crippen molar-refractivity contribution in [3.63, 3.8) is 0 Å². The molecule has 1 aliphatic heterocycles. The number of alkyl carbamates (subject to hydrolysis) is 1. The summed E-state index contributed by atoms with van der Waals surface area (Å²) in [4.78, 5) is 34.4. The second-order valence-corrected chi connectivity index (χ2v) is 5.19. The second kappa shape index (κ2) is 7.00. The molecule has 1 saturated heterocycles. The lowest BCUT2D eigenvalue weighted by Gasteiger charge is -2.10. The van der Waals surface area contributed by atoms with E-state index < -0.39 is 29.8 Å². The van der Waals surface area contributed by atoms with E-state index >= 15 is 0 Å². The van der Waals surface area contributed by atoms with E-state index in [0.29, 0.717) is 11.3 Å². The predicted molar refractivity (Wildman–Crippen MR) is 84.3 cm³/mol. The van der Waals surface area contributed by atoms with E-state index in [1.165, 1.54) is 18.2 Å². The molecule has 1 fully saturated rings. The Morgan fingerprint density at radius 2 is 1.96 bits per heavy atom. The maximum atomic E-state index is 13.0. The summed E-state index contributed by atoms with van der Waals surface area (Å²) in [5.41, 5.74) is 0.957. The summed E-state index contributed by atoms with van der Waals surface area (Å²) in [6.07, 6.45) is -1.78. The van der Waals surface area contributed by atoms with Crippen molar-refractivity contribution in [2.75, 3.05) is 11.9 Å². The van der Waals surface area contributed by atoms with E-state index in [1.54, 1.807) is 30.3 Å². The van der Waals surface area contributed by atoms with E-state index in [1.807, 2.05) is 5.32 Å². The summed E-state index contributed by atoms with van der Waals surface area (Å²) >= 11 is 0. The first-order valence-corrected chi connectivity index (χ1v) is 7.31. The van der Waals surface area contributed by atoms with Gasteiger partial charge in [-0.05, 0) is 24.3 Å². The Morgan fingerprint density at radius 1 is 1.20 bits per heavy atom. The average Bonchev–Trinajstić information content (AvgIpc) is 2.92. The van der Waals surface area contributed by atoms with Crippen molar-refractivity contribution in [2.24, 2.45) is 0 Å². The van der Waals surface area contributed by atoms with E-state index in [4.69, 9.17) is 9.47 Å². The van der Waals surface area contributed by atoms with Gasteiger partial charge in [-0.15, -0.1) is 0 Å². The van der Waals surface area contributed by atoms with Gasteiger partial charge in [-0.25, -0.2) is 9.18 Å². The van der Waals surface area contributed by atoms with E-state index in [2.05, 4.69) is 5.32 Å². The third kappa shape index (κ3) is 4.11. The Morgan fingerprint density at radius 3 is 2.60 bits per heavy atom. The molecule has 1 unspecified atom stereocenters. The standard InChI is InChI=1S/C17H13FN2O5/c18-11-2-1-3-13(8-11)24-9-14(21)19-12-6-4-10(5-7-12)15-16(22)20-17(23)25-15/h1-8,15H,9H2,(H,19,21)(H,20,22,23). The van der Waals surface area contributed by atoms with Crippen LogP contribution in [0.15, 0.2) is 48.5 Å². The highest BCUT2D eigenvalue weighted by Gasteiger charge is 2.33. The Kier molecular flexibility index (Phi) is 4.60. The number of carbonyl (C=O) groups is 3. The zero-order chi connectivity index (χ0) is 17.8. The van der Waals surface area contributed by atoms with Crippen LogP contribution in [0.4, 0.5) is 14.9 Å². The van der Waals surface area contributed by atoms with Crippen LogP contribution >= 0.6 is 0 Å². The van der Waals surface area contributed by atoms with Gasteiger partial charge in [-0.2, -0.15) is 0 Å². The smallest absolute Gasteiger partial charge is 0.415 e. The van der Waals surface area contributed by atoms with Crippen LogP contribution in [-0.2, 0) is 14.3 Å². The summed E-state index contributed by atoms with van der Waals surface area (Å²) < 4.78 is 23.0. The SMILES string of the molecule is O=C(COc1cccc(F)c1)Nc1ccc(C2OC(=O)NC2=O)cc1. The quantitative estimate of drug-likeness (QED) is 0.867. The molecular weight excluding hydrogens is 331 g/mol. The molecule has 0 aromatic heterocycles. The number of hydrogen-bond donors (Lipinski definition) is 2. The lowest BCUT2D eigenvalue weighted by atomic mass is 10.1. The Balaban J connectivity index is 1.55. The first kappa shape index (κ1) is 16.4. The zero-order valence-electron chi connectivity index (χ0n) is 12.8. The molecule has 7 nitrogen and oxygen atoms in total. The van der Waals surface area contributed by atoms with Gasteiger partial charge in [-0.1, -0.05) is 18.2 Å². The fourth-order valence-corrected chi connectivity index (χ4v) is 2.22. The van der Waals surface area contributed by atoms with Crippen molar-refractivity contribution >= 4 is 23.6 Å². The van der Waals surface area contributed by atoms with Crippen molar-refractivity contribution in [3.8, 4) is 5.75 Å². The molecule has 8 heteroatoms. The highest BCUT2D eigenvalue weighted by Crippen LogP contribution is 2.23. The number of carbonyl (C=O) groups excluding carboxylic acids is 3. The number of nitrogens with one attached hydrogen (secondary N) is 2. The summed E-state index contributed by atoms with van der Waals surface area (Å²) in [5.74, 6) is -1.17. The van der Waals surface area contributed by atoms with Gasteiger partial charge in [0.05, 0.1) is 0 Å². The molecule has 3 rings (SSSR count). The van der Waals surface area contributed by atoms with Crippen LogP contribution in [0.5, 0.6) is 5.75 Å². The molecule has 25 heavy (non-hydrogen) atoms. The molecule has 0 bridgehead atoms. The average molecular weight is 344 g/mol. The molecule has 1 heterocycles. The number of halogens is 1. The first-order chi connectivity index (χ1) is 12.0. The summed E-state index contributed by atoms with van der Waals surface area (Å²) in [5, 5.41) is 4.63. The van der Waals surface area contributed by atoms with Crippen LogP contribution in [0, 0.1) is 5.82 Å². The van der Waals surface area contributed by atoms with Gasteiger partial charge in [0.2, 0.25) is 6.10 Å². The molecule has 1 aliphatic rings. The highest BCUT2D eigenvalue weighted by molar-refractivity contribution is 6.00. The lowest BCUT2D eigenvalue weighted by molar-refractivity contribution is -0.123. The monoisotopic (exact) mass is 344 g/mol. The Labute approximate surface area is 141 Å².